The Bertz CT molecular complexity index is 355. The molecule has 1 aromatic carbocycles. The lowest BCUT2D eigenvalue weighted by Gasteiger charge is -2.14. The van der Waals surface area contributed by atoms with Crippen LogP contribution in [0.5, 0.6) is 0 Å². The van der Waals surface area contributed by atoms with Crippen LogP contribution in [0, 0.1) is 0 Å². The number of carbonyl (C=O) groups excluding carboxylic acids is 1. The van der Waals surface area contributed by atoms with Crippen molar-refractivity contribution in [1.29, 1.82) is 0 Å². The molecule has 0 spiro atoms. The van der Waals surface area contributed by atoms with Gasteiger partial charge in [-0.15, -0.1) is 0 Å². The first kappa shape index (κ1) is 11.4. The van der Waals surface area contributed by atoms with Gasteiger partial charge in [0.15, 0.2) is 0 Å². The van der Waals surface area contributed by atoms with Crippen molar-refractivity contribution in [2.45, 2.75) is 13.3 Å². The predicted octanol–water partition coefficient (Wildman–Crippen LogP) is 2.26. The number of ketones is 1. The fourth-order valence-electron chi connectivity index (χ4n) is 1.17. The summed E-state index contributed by atoms with van der Waals surface area (Å²) in [6.45, 7) is 1.57. The van der Waals surface area contributed by atoms with Gasteiger partial charge in [0.1, 0.15) is 11.6 Å². The number of benzene rings is 1. The quantitative estimate of drug-likeness (QED) is 0.559. The van der Waals surface area contributed by atoms with E-state index in [0.717, 1.165) is 11.5 Å². The first-order valence-electron chi connectivity index (χ1n) is 4.89. The molecule has 0 fully saturated rings. The van der Waals surface area contributed by atoms with Crippen molar-refractivity contribution in [2.75, 3.05) is 14.1 Å². The van der Waals surface area contributed by atoms with E-state index in [1.165, 1.54) is 0 Å². The molecule has 80 valence electrons. The lowest BCUT2D eigenvalue weighted by Crippen LogP contribution is -2.23. The number of hydrogen-bond acceptors (Lipinski definition) is 2. The maximum absolute atomic E-state index is 11.0. The van der Waals surface area contributed by atoms with E-state index < -0.39 is 0 Å². The van der Waals surface area contributed by atoms with Gasteiger partial charge in [0, 0.05) is 14.1 Å². The molecule has 15 heavy (non-hydrogen) atoms. The highest BCUT2D eigenvalue weighted by Crippen LogP contribution is 2.11. The summed E-state index contributed by atoms with van der Waals surface area (Å²) in [4.78, 5) is 17.3. The molecular formula is C12H16N2O. The van der Waals surface area contributed by atoms with E-state index in [4.69, 9.17) is 0 Å². The van der Waals surface area contributed by atoms with Crippen molar-refractivity contribution < 1.29 is 4.79 Å². The van der Waals surface area contributed by atoms with Crippen LogP contribution in [-0.2, 0) is 4.79 Å². The zero-order valence-corrected chi connectivity index (χ0v) is 9.40. The minimum Gasteiger partial charge on any atom is -0.366 e. The first-order valence-corrected chi connectivity index (χ1v) is 4.89. The number of para-hydroxylation sites is 1. The van der Waals surface area contributed by atoms with Gasteiger partial charge in [0.2, 0.25) is 0 Å². The third kappa shape index (κ3) is 3.94. The van der Waals surface area contributed by atoms with Gasteiger partial charge in [-0.2, -0.15) is 0 Å². The van der Waals surface area contributed by atoms with Crippen molar-refractivity contribution in [1.82, 2.24) is 4.90 Å². The fourth-order valence-corrected chi connectivity index (χ4v) is 1.17. The van der Waals surface area contributed by atoms with Crippen LogP contribution in [0.1, 0.15) is 13.3 Å². The Morgan fingerprint density at radius 2 is 1.87 bits per heavy atom. The normalized spacial score (nSPS) is 11.3. The number of nitrogens with zero attached hydrogens (tertiary/aromatic N) is 2. The van der Waals surface area contributed by atoms with Gasteiger partial charge in [-0.1, -0.05) is 18.2 Å². The second-order valence-corrected chi connectivity index (χ2v) is 3.64. The second-order valence-electron chi connectivity index (χ2n) is 3.64. The standard InChI is InChI=1S/C12H16N2O/c1-10(15)9-12(14(2)3)13-11-7-5-4-6-8-11/h4-8H,9H2,1-3H3. The summed E-state index contributed by atoms with van der Waals surface area (Å²) in [7, 11) is 3.79. The third-order valence-corrected chi connectivity index (χ3v) is 1.94. The molecule has 3 heteroatoms. The van der Waals surface area contributed by atoms with Gasteiger partial charge in [-0.25, -0.2) is 4.99 Å². The topological polar surface area (TPSA) is 32.7 Å². The number of carbonyl (C=O) groups is 1. The Morgan fingerprint density at radius 3 is 2.33 bits per heavy atom. The van der Waals surface area contributed by atoms with Crippen LogP contribution in [0.15, 0.2) is 35.3 Å². The molecule has 0 atom stereocenters. The van der Waals surface area contributed by atoms with Gasteiger partial charge in [-0.05, 0) is 19.1 Å². The van der Waals surface area contributed by atoms with E-state index >= 15 is 0 Å². The second kappa shape index (κ2) is 5.29. The molecule has 0 amide bonds. The molecule has 0 aliphatic rings. The molecule has 0 radical (unpaired) electrons. The van der Waals surface area contributed by atoms with Crippen LogP contribution in [-0.4, -0.2) is 30.6 Å². The maximum atomic E-state index is 11.0. The minimum atomic E-state index is 0.124. The van der Waals surface area contributed by atoms with Crippen molar-refractivity contribution in [2.24, 2.45) is 4.99 Å². The molecule has 1 aromatic rings. The summed E-state index contributed by atoms with van der Waals surface area (Å²) in [6.07, 6.45) is 0.377. The van der Waals surface area contributed by atoms with E-state index in [1.807, 2.05) is 49.3 Å². The van der Waals surface area contributed by atoms with Crippen LogP contribution >= 0.6 is 0 Å². The van der Waals surface area contributed by atoms with E-state index in [9.17, 15) is 4.79 Å². The fraction of sp³-hybridized carbons (Fsp3) is 0.333. The molecule has 0 bridgehead atoms. The summed E-state index contributed by atoms with van der Waals surface area (Å²) >= 11 is 0. The Labute approximate surface area is 90.4 Å². The number of amidine groups is 1. The molecule has 0 aliphatic heterocycles. The lowest BCUT2D eigenvalue weighted by molar-refractivity contribution is -0.115. The summed E-state index contributed by atoms with van der Waals surface area (Å²) < 4.78 is 0. The van der Waals surface area contributed by atoms with Gasteiger partial charge in [-0.3, -0.25) is 4.79 Å². The molecule has 0 N–H and O–H groups in total. The van der Waals surface area contributed by atoms with Crippen molar-refractivity contribution in [3.8, 4) is 0 Å². The highest BCUT2D eigenvalue weighted by molar-refractivity contribution is 6.00. The monoisotopic (exact) mass is 204 g/mol. The summed E-state index contributed by atoms with van der Waals surface area (Å²) in [6, 6.07) is 9.65. The Morgan fingerprint density at radius 1 is 1.27 bits per heavy atom. The highest BCUT2D eigenvalue weighted by Gasteiger charge is 2.05. The van der Waals surface area contributed by atoms with Crippen LogP contribution in [0.3, 0.4) is 0 Å². The first-order chi connectivity index (χ1) is 7.09. The average molecular weight is 204 g/mol. The number of hydrogen-bond donors (Lipinski definition) is 0. The van der Waals surface area contributed by atoms with Crippen molar-refractivity contribution in [3.05, 3.63) is 30.3 Å². The SMILES string of the molecule is CC(=O)CC(=Nc1ccccc1)N(C)C. The molecule has 3 nitrogen and oxygen atoms in total. The van der Waals surface area contributed by atoms with Crippen molar-refractivity contribution >= 4 is 17.3 Å². The number of Topliss-reactive ketones (excluding diaryl/α,β-unsaturated/α-hetero) is 1. The Balaban J connectivity index is 2.89. The van der Waals surface area contributed by atoms with E-state index in [-0.39, 0.29) is 5.78 Å². The van der Waals surface area contributed by atoms with Gasteiger partial charge in [0.05, 0.1) is 12.1 Å². The molecule has 0 saturated carbocycles. The predicted molar refractivity (Wildman–Crippen MR) is 62.5 cm³/mol. The van der Waals surface area contributed by atoms with Crippen LogP contribution in [0.2, 0.25) is 0 Å². The zero-order valence-electron chi connectivity index (χ0n) is 9.40. The van der Waals surface area contributed by atoms with Crippen LogP contribution in [0.4, 0.5) is 5.69 Å². The summed E-state index contributed by atoms with van der Waals surface area (Å²) in [5.41, 5.74) is 0.877. The maximum Gasteiger partial charge on any atom is 0.137 e. The van der Waals surface area contributed by atoms with E-state index in [1.54, 1.807) is 6.92 Å². The van der Waals surface area contributed by atoms with Gasteiger partial charge < -0.3 is 4.90 Å². The smallest absolute Gasteiger partial charge is 0.137 e. The largest absolute Gasteiger partial charge is 0.366 e. The van der Waals surface area contributed by atoms with Crippen LogP contribution < -0.4 is 0 Å². The van der Waals surface area contributed by atoms with Gasteiger partial charge >= 0.3 is 0 Å². The summed E-state index contributed by atoms with van der Waals surface area (Å²) in [5, 5.41) is 0. The van der Waals surface area contributed by atoms with Crippen LogP contribution in [0.25, 0.3) is 0 Å². The van der Waals surface area contributed by atoms with Gasteiger partial charge in [0.25, 0.3) is 0 Å². The van der Waals surface area contributed by atoms with Crippen molar-refractivity contribution in [3.63, 3.8) is 0 Å². The number of rotatable bonds is 3. The zero-order chi connectivity index (χ0) is 11.3. The minimum absolute atomic E-state index is 0.124. The third-order valence-electron chi connectivity index (χ3n) is 1.94. The van der Waals surface area contributed by atoms with E-state index in [0.29, 0.717) is 6.42 Å². The molecular weight excluding hydrogens is 188 g/mol. The molecule has 0 aromatic heterocycles. The summed E-state index contributed by atoms with van der Waals surface area (Å²) in [5.74, 6) is 0.909. The lowest BCUT2D eigenvalue weighted by atomic mass is 10.2. The average Bonchev–Trinajstić information content (AvgIpc) is 2.17. The molecule has 0 aliphatic carbocycles. The Hall–Kier alpha value is -1.64. The molecule has 0 saturated heterocycles. The molecule has 0 unspecified atom stereocenters. The molecule has 1 rings (SSSR count). The number of aliphatic imine (C=N–C) groups is 1. The molecule has 0 heterocycles. The Kier molecular flexibility index (Phi) is 4.03. The highest BCUT2D eigenvalue weighted by atomic mass is 16.1. The van der Waals surface area contributed by atoms with E-state index in [2.05, 4.69) is 4.99 Å².